The highest BCUT2D eigenvalue weighted by molar-refractivity contribution is 5.81. The first kappa shape index (κ1) is 10.4. The Hall–Kier alpha value is -1.10. The number of cyclic esters (lactones) is 1. The van der Waals surface area contributed by atoms with Crippen LogP contribution in [0.4, 0.5) is 0 Å². The van der Waals surface area contributed by atoms with E-state index in [-0.39, 0.29) is 5.97 Å². The molecule has 5 heteroatoms. The van der Waals surface area contributed by atoms with E-state index in [1.807, 2.05) is 4.90 Å². The first-order valence-corrected chi connectivity index (χ1v) is 5.34. The van der Waals surface area contributed by atoms with Crippen molar-refractivity contribution >= 4 is 11.9 Å². The van der Waals surface area contributed by atoms with Crippen molar-refractivity contribution < 1.29 is 19.1 Å². The average molecular weight is 213 g/mol. The lowest BCUT2D eigenvalue weighted by molar-refractivity contribution is -0.160. The summed E-state index contributed by atoms with van der Waals surface area (Å²) in [4.78, 5) is 24.5. The van der Waals surface area contributed by atoms with Gasteiger partial charge in [0, 0.05) is 6.42 Å². The maximum Gasteiger partial charge on any atom is 0.347 e. The van der Waals surface area contributed by atoms with E-state index in [0.717, 1.165) is 25.9 Å². The van der Waals surface area contributed by atoms with Gasteiger partial charge in [0.2, 0.25) is 6.10 Å². The van der Waals surface area contributed by atoms with E-state index in [9.17, 15) is 9.59 Å². The van der Waals surface area contributed by atoms with E-state index in [2.05, 4.69) is 0 Å². The van der Waals surface area contributed by atoms with Crippen LogP contribution >= 0.6 is 0 Å². The van der Waals surface area contributed by atoms with E-state index < -0.39 is 12.1 Å². The van der Waals surface area contributed by atoms with E-state index >= 15 is 0 Å². The van der Waals surface area contributed by atoms with Crippen LogP contribution in [0, 0.1) is 0 Å². The summed E-state index contributed by atoms with van der Waals surface area (Å²) in [5.74, 6) is -0.731. The van der Waals surface area contributed by atoms with Gasteiger partial charge in [-0.15, -0.1) is 0 Å². The van der Waals surface area contributed by atoms with Crippen molar-refractivity contribution in [2.75, 3.05) is 26.2 Å². The fourth-order valence-corrected chi connectivity index (χ4v) is 1.90. The highest BCUT2D eigenvalue weighted by Crippen LogP contribution is 2.12. The van der Waals surface area contributed by atoms with Gasteiger partial charge in [0.25, 0.3) is 0 Å². The molecule has 5 nitrogen and oxygen atoms in total. The van der Waals surface area contributed by atoms with Crippen molar-refractivity contribution in [3.05, 3.63) is 0 Å². The second-order valence-electron chi connectivity index (χ2n) is 3.92. The maximum atomic E-state index is 11.4. The van der Waals surface area contributed by atoms with Gasteiger partial charge in [0.1, 0.15) is 0 Å². The molecule has 15 heavy (non-hydrogen) atoms. The van der Waals surface area contributed by atoms with Gasteiger partial charge < -0.3 is 9.47 Å². The third kappa shape index (κ3) is 2.68. The molecular formula is C10H15NO4. The van der Waals surface area contributed by atoms with Gasteiger partial charge in [-0.25, -0.2) is 4.79 Å². The summed E-state index contributed by atoms with van der Waals surface area (Å²) in [6.45, 7) is 2.55. The van der Waals surface area contributed by atoms with Gasteiger partial charge >= 0.3 is 11.9 Å². The van der Waals surface area contributed by atoms with Crippen LogP contribution in [0.1, 0.15) is 19.3 Å². The predicted octanol–water partition coefficient (Wildman–Crippen LogP) is -0.0591. The molecule has 2 rings (SSSR count). The molecule has 2 heterocycles. The number of carbonyl (C=O) groups is 2. The Kier molecular flexibility index (Phi) is 3.20. The van der Waals surface area contributed by atoms with Crippen molar-refractivity contribution in [3.63, 3.8) is 0 Å². The fraction of sp³-hybridized carbons (Fsp3) is 0.800. The number of rotatable bonds is 3. The van der Waals surface area contributed by atoms with Crippen LogP contribution in [0.25, 0.3) is 0 Å². The summed E-state index contributed by atoms with van der Waals surface area (Å²) >= 11 is 0. The molecule has 0 aliphatic carbocycles. The number of esters is 2. The number of ether oxygens (including phenoxy) is 2. The second-order valence-corrected chi connectivity index (χ2v) is 3.92. The van der Waals surface area contributed by atoms with Gasteiger partial charge in [0.05, 0.1) is 13.2 Å². The molecule has 84 valence electrons. The van der Waals surface area contributed by atoms with Crippen LogP contribution in [0.5, 0.6) is 0 Å². The molecule has 1 atom stereocenters. The molecule has 2 saturated heterocycles. The summed E-state index contributed by atoms with van der Waals surface area (Å²) in [5, 5.41) is 0. The second kappa shape index (κ2) is 4.61. The minimum Gasteiger partial charge on any atom is -0.463 e. The standard InChI is InChI=1S/C10H15NO4/c12-9(7-11-4-1-2-5-11)15-8-3-6-14-10(8)13/h8H,1-7H2. The molecule has 0 bridgehead atoms. The Balaban J connectivity index is 1.74. The van der Waals surface area contributed by atoms with Crippen molar-refractivity contribution in [2.24, 2.45) is 0 Å². The fourth-order valence-electron chi connectivity index (χ4n) is 1.90. The first-order chi connectivity index (χ1) is 7.25. The lowest BCUT2D eigenvalue weighted by atomic mass is 10.3. The Labute approximate surface area is 88.3 Å². The molecule has 0 aromatic rings. The first-order valence-electron chi connectivity index (χ1n) is 5.34. The summed E-state index contributed by atoms with van der Waals surface area (Å²) in [6.07, 6.45) is 2.10. The smallest absolute Gasteiger partial charge is 0.347 e. The summed E-state index contributed by atoms with van der Waals surface area (Å²) in [6, 6.07) is 0. The topological polar surface area (TPSA) is 55.8 Å². The molecule has 2 aliphatic rings. The zero-order valence-corrected chi connectivity index (χ0v) is 8.61. The molecule has 0 radical (unpaired) electrons. The highest BCUT2D eigenvalue weighted by Gasteiger charge is 2.30. The predicted molar refractivity (Wildman–Crippen MR) is 51.1 cm³/mol. The minimum absolute atomic E-state index is 0.295. The number of hydrogen-bond donors (Lipinski definition) is 0. The average Bonchev–Trinajstić information content (AvgIpc) is 2.79. The zero-order chi connectivity index (χ0) is 10.7. The van der Waals surface area contributed by atoms with E-state index in [1.54, 1.807) is 0 Å². The molecule has 0 amide bonds. The van der Waals surface area contributed by atoms with Gasteiger partial charge in [0.15, 0.2) is 0 Å². The SMILES string of the molecule is O=C(CN1CCCC1)OC1CCOC1=O. The quantitative estimate of drug-likeness (QED) is 0.615. The van der Waals surface area contributed by atoms with E-state index in [4.69, 9.17) is 9.47 Å². The van der Waals surface area contributed by atoms with Crippen LogP contribution in [-0.4, -0.2) is 49.2 Å². The van der Waals surface area contributed by atoms with Gasteiger partial charge in [-0.1, -0.05) is 0 Å². The lowest BCUT2D eigenvalue weighted by Crippen LogP contribution is -2.32. The molecule has 0 aromatic carbocycles. The number of likely N-dealkylation sites (tertiary alicyclic amines) is 1. The van der Waals surface area contributed by atoms with Gasteiger partial charge in [-0.3, -0.25) is 9.69 Å². The summed E-state index contributed by atoms with van der Waals surface area (Å²) < 4.78 is 9.74. The monoisotopic (exact) mass is 213 g/mol. The Morgan fingerprint density at radius 3 is 2.80 bits per heavy atom. The summed E-state index contributed by atoms with van der Waals surface area (Å²) in [7, 11) is 0. The molecule has 2 aliphatic heterocycles. The van der Waals surface area contributed by atoms with Crippen molar-refractivity contribution in [1.82, 2.24) is 4.90 Å². The van der Waals surface area contributed by atoms with Gasteiger partial charge in [-0.2, -0.15) is 0 Å². The van der Waals surface area contributed by atoms with Crippen LogP contribution in [0.3, 0.4) is 0 Å². The summed E-state index contributed by atoms with van der Waals surface area (Å²) in [5.41, 5.74) is 0. The van der Waals surface area contributed by atoms with Gasteiger partial charge in [-0.05, 0) is 25.9 Å². The van der Waals surface area contributed by atoms with Crippen molar-refractivity contribution in [2.45, 2.75) is 25.4 Å². The van der Waals surface area contributed by atoms with Crippen LogP contribution in [-0.2, 0) is 19.1 Å². The van der Waals surface area contributed by atoms with Crippen LogP contribution in [0.2, 0.25) is 0 Å². The Morgan fingerprint density at radius 2 is 2.20 bits per heavy atom. The third-order valence-electron chi connectivity index (χ3n) is 2.71. The van der Waals surface area contributed by atoms with Crippen LogP contribution in [0.15, 0.2) is 0 Å². The molecule has 1 unspecified atom stereocenters. The molecule has 2 fully saturated rings. The highest BCUT2D eigenvalue weighted by atomic mass is 16.6. The lowest BCUT2D eigenvalue weighted by Gasteiger charge is -2.14. The van der Waals surface area contributed by atoms with Crippen LogP contribution < -0.4 is 0 Å². The largest absolute Gasteiger partial charge is 0.463 e. The molecule has 0 saturated carbocycles. The molecule has 0 aromatic heterocycles. The zero-order valence-electron chi connectivity index (χ0n) is 8.61. The van der Waals surface area contributed by atoms with Crippen molar-refractivity contribution in [1.29, 1.82) is 0 Å². The van der Waals surface area contributed by atoms with E-state index in [1.165, 1.54) is 0 Å². The Bertz CT molecular complexity index is 260. The molecule has 0 spiro atoms. The Morgan fingerprint density at radius 1 is 1.47 bits per heavy atom. The molecule has 0 N–H and O–H groups in total. The minimum atomic E-state index is -0.667. The number of carbonyl (C=O) groups excluding carboxylic acids is 2. The number of hydrogen-bond acceptors (Lipinski definition) is 5. The third-order valence-corrected chi connectivity index (χ3v) is 2.71. The normalized spacial score (nSPS) is 26.7. The molecular weight excluding hydrogens is 198 g/mol. The number of nitrogens with zero attached hydrogens (tertiary/aromatic N) is 1. The van der Waals surface area contributed by atoms with E-state index in [0.29, 0.717) is 19.6 Å². The van der Waals surface area contributed by atoms with Crippen molar-refractivity contribution in [3.8, 4) is 0 Å². The maximum absolute atomic E-state index is 11.4.